The Morgan fingerprint density at radius 2 is 2.14 bits per heavy atom. The maximum Gasteiger partial charge on any atom is 0.0674 e. The van der Waals surface area contributed by atoms with E-state index in [1.165, 1.54) is 0 Å². The first-order valence-electron chi connectivity index (χ1n) is 5.69. The van der Waals surface area contributed by atoms with Gasteiger partial charge in [0, 0.05) is 24.7 Å². The van der Waals surface area contributed by atoms with E-state index in [0.29, 0.717) is 18.2 Å². The van der Waals surface area contributed by atoms with Crippen molar-refractivity contribution in [1.29, 1.82) is 0 Å². The molecule has 2 N–H and O–H groups in total. The van der Waals surface area contributed by atoms with Gasteiger partial charge in [-0.3, -0.25) is 4.90 Å². The third kappa shape index (κ3) is 2.69. The lowest BCUT2D eigenvalue weighted by molar-refractivity contribution is -0.0723. The number of nitrogens with two attached hydrogens (primary N) is 1. The number of hydrogen-bond donors (Lipinski definition) is 1. The monoisotopic (exact) mass is 200 g/mol. The Hall–Kier alpha value is -0.120. The SMILES string of the molecule is CCC1COC(C)CN1C(C)C(C)N. The van der Waals surface area contributed by atoms with Gasteiger partial charge in [0.15, 0.2) is 0 Å². The minimum absolute atomic E-state index is 0.231. The minimum Gasteiger partial charge on any atom is -0.376 e. The van der Waals surface area contributed by atoms with Crippen LogP contribution < -0.4 is 5.73 Å². The number of rotatable bonds is 3. The summed E-state index contributed by atoms with van der Waals surface area (Å²) < 4.78 is 5.66. The minimum atomic E-state index is 0.231. The van der Waals surface area contributed by atoms with E-state index in [-0.39, 0.29) is 6.04 Å². The molecule has 1 rings (SSSR count). The highest BCUT2D eigenvalue weighted by atomic mass is 16.5. The molecule has 3 heteroatoms. The molecule has 1 heterocycles. The molecule has 0 amide bonds. The molecule has 1 fully saturated rings. The van der Waals surface area contributed by atoms with E-state index in [1.807, 2.05) is 0 Å². The smallest absolute Gasteiger partial charge is 0.0674 e. The average molecular weight is 200 g/mol. The largest absolute Gasteiger partial charge is 0.376 e. The van der Waals surface area contributed by atoms with E-state index in [4.69, 9.17) is 10.5 Å². The summed E-state index contributed by atoms with van der Waals surface area (Å²) in [6.07, 6.45) is 1.49. The van der Waals surface area contributed by atoms with Crippen LogP contribution in [0.4, 0.5) is 0 Å². The van der Waals surface area contributed by atoms with Crippen molar-refractivity contribution in [2.75, 3.05) is 13.2 Å². The summed E-state index contributed by atoms with van der Waals surface area (Å²) in [6.45, 7) is 10.5. The lowest BCUT2D eigenvalue weighted by Crippen LogP contribution is -2.56. The molecule has 3 nitrogen and oxygen atoms in total. The van der Waals surface area contributed by atoms with E-state index in [9.17, 15) is 0 Å². The quantitative estimate of drug-likeness (QED) is 0.744. The Bertz CT molecular complexity index is 171. The van der Waals surface area contributed by atoms with Crippen molar-refractivity contribution in [2.45, 2.75) is 58.3 Å². The lowest BCUT2D eigenvalue weighted by atomic mass is 10.0. The van der Waals surface area contributed by atoms with Crippen molar-refractivity contribution in [1.82, 2.24) is 4.90 Å². The summed E-state index contributed by atoms with van der Waals surface area (Å²) in [5.74, 6) is 0. The summed E-state index contributed by atoms with van der Waals surface area (Å²) in [5.41, 5.74) is 5.95. The van der Waals surface area contributed by atoms with Crippen molar-refractivity contribution in [3.63, 3.8) is 0 Å². The summed E-state index contributed by atoms with van der Waals surface area (Å²) in [4.78, 5) is 2.50. The number of nitrogens with zero attached hydrogens (tertiary/aromatic N) is 1. The fourth-order valence-corrected chi connectivity index (χ4v) is 2.02. The number of ether oxygens (including phenoxy) is 1. The first-order valence-corrected chi connectivity index (χ1v) is 5.69. The molecule has 84 valence electrons. The van der Waals surface area contributed by atoms with E-state index in [0.717, 1.165) is 19.6 Å². The molecule has 0 radical (unpaired) electrons. The molecule has 0 aliphatic carbocycles. The normalized spacial score (nSPS) is 34.1. The predicted molar refractivity (Wildman–Crippen MR) is 59.3 cm³/mol. The highest BCUT2D eigenvalue weighted by Gasteiger charge is 2.30. The summed E-state index contributed by atoms with van der Waals surface area (Å²) in [6, 6.07) is 1.23. The van der Waals surface area contributed by atoms with Crippen LogP contribution in [0.1, 0.15) is 34.1 Å². The van der Waals surface area contributed by atoms with Crippen molar-refractivity contribution in [3.8, 4) is 0 Å². The maximum atomic E-state index is 5.95. The van der Waals surface area contributed by atoms with Crippen LogP contribution in [0.25, 0.3) is 0 Å². The van der Waals surface area contributed by atoms with Gasteiger partial charge >= 0.3 is 0 Å². The highest BCUT2D eigenvalue weighted by Crippen LogP contribution is 2.18. The molecule has 1 aliphatic rings. The van der Waals surface area contributed by atoms with Crippen LogP contribution in [0.15, 0.2) is 0 Å². The lowest BCUT2D eigenvalue weighted by Gasteiger charge is -2.43. The molecule has 0 aromatic heterocycles. The highest BCUT2D eigenvalue weighted by molar-refractivity contribution is 4.85. The number of hydrogen-bond acceptors (Lipinski definition) is 3. The summed E-state index contributed by atoms with van der Waals surface area (Å²) in [7, 11) is 0. The fourth-order valence-electron chi connectivity index (χ4n) is 2.02. The van der Waals surface area contributed by atoms with Gasteiger partial charge in [-0.05, 0) is 27.2 Å². The van der Waals surface area contributed by atoms with E-state index >= 15 is 0 Å². The Balaban J connectivity index is 2.60. The van der Waals surface area contributed by atoms with Gasteiger partial charge in [-0.15, -0.1) is 0 Å². The Labute approximate surface area is 87.6 Å². The standard InChI is InChI=1S/C11H24N2O/c1-5-11-7-14-8(2)6-13(11)10(4)9(3)12/h8-11H,5-7,12H2,1-4H3. The van der Waals surface area contributed by atoms with Gasteiger partial charge in [0.2, 0.25) is 0 Å². The van der Waals surface area contributed by atoms with Gasteiger partial charge in [0.1, 0.15) is 0 Å². The second-order valence-corrected chi connectivity index (χ2v) is 4.50. The molecule has 0 aromatic rings. The Morgan fingerprint density at radius 1 is 1.50 bits per heavy atom. The molecule has 0 aromatic carbocycles. The molecule has 0 saturated carbocycles. The van der Waals surface area contributed by atoms with Crippen LogP contribution in [0.5, 0.6) is 0 Å². The second kappa shape index (κ2) is 5.10. The van der Waals surface area contributed by atoms with Crippen LogP contribution in [0.2, 0.25) is 0 Å². The molecule has 14 heavy (non-hydrogen) atoms. The van der Waals surface area contributed by atoms with Gasteiger partial charge in [-0.25, -0.2) is 0 Å². The van der Waals surface area contributed by atoms with Gasteiger partial charge < -0.3 is 10.5 Å². The van der Waals surface area contributed by atoms with Crippen molar-refractivity contribution < 1.29 is 4.74 Å². The molecule has 0 bridgehead atoms. The van der Waals surface area contributed by atoms with Crippen molar-refractivity contribution >= 4 is 0 Å². The van der Waals surface area contributed by atoms with Crippen molar-refractivity contribution in [2.24, 2.45) is 5.73 Å². The third-order valence-electron chi connectivity index (χ3n) is 3.27. The van der Waals surface area contributed by atoms with Gasteiger partial charge in [-0.2, -0.15) is 0 Å². The molecule has 4 unspecified atom stereocenters. The zero-order valence-electron chi connectivity index (χ0n) is 9.86. The fraction of sp³-hybridized carbons (Fsp3) is 1.00. The molecule has 0 spiro atoms. The average Bonchev–Trinajstić information content (AvgIpc) is 2.16. The zero-order valence-corrected chi connectivity index (χ0v) is 9.86. The van der Waals surface area contributed by atoms with E-state index in [2.05, 4.69) is 32.6 Å². The van der Waals surface area contributed by atoms with Gasteiger partial charge in [0.05, 0.1) is 12.7 Å². The Morgan fingerprint density at radius 3 is 2.64 bits per heavy atom. The van der Waals surface area contributed by atoms with Crippen LogP contribution in [0, 0.1) is 0 Å². The van der Waals surface area contributed by atoms with Gasteiger partial charge in [0.25, 0.3) is 0 Å². The van der Waals surface area contributed by atoms with Crippen LogP contribution >= 0.6 is 0 Å². The zero-order chi connectivity index (χ0) is 10.7. The third-order valence-corrected chi connectivity index (χ3v) is 3.27. The first-order chi connectivity index (χ1) is 6.56. The van der Waals surface area contributed by atoms with Crippen LogP contribution in [-0.2, 0) is 4.74 Å². The molecule has 1 saturated heterocycles. The molecule has 1 aliphatic heterocycles. The molecular formula is C11H24N2O. The number of morpholine rings is 1. The van der Waals surface area contributed by atoms with E-state index in [1.54, 1.807) is 0 Å². The second-order valence-electron chi connectivity index (χ2n) is 4.50. The van der Waals surface area contributed by atoms with Gasteiger partial charge in [-0.1, -0.05) is 6.92 Å². The maximum absolute atomic E-state index is 5.95. The summed E-state index contributed by atoms with van der Waals surface area (Å²) >= 11 is 0. The van der Waals surface area contributed by atoms with Crippen molar-refractivity contribution in [3.05, 3.63) is 0 Å². The summed E-state index contributed by atoms with van der Waals surface area (Å²) in [5, 5.41) is 0. The molecule has 4 atom stereocenters. The molecular weight excluding hydrogens is 176 g/mol. The Kier molecular flexibility index (Phi) is 4.35. The first kappa shape index (κ1) is 12.0. The van der Waals surface area contributed by atoms with Crippen LogP contribution in [0.3, 0.4) is 0 Å². The topological polar surface area (TPSA) is 38.5 Å². The predicted octanol–water partition coefficient (Wildman–Crippen LogP) is 1.22. The van der Waals surface area contributed by atoms with E-state index < -0.39 is 0 Å². The van der Waals surface area contributed by atoms with Crippen LogP contribution in [-0.4, -0.2) is 42.3 Å².